The fourth-order valence-corrected chi connectivity index (χ4v) is 2.09. The van der Waals surface area contributed by atoms with Gasteiger partial charge in [-0.1, -0.05) is 6.08 Å². The van der Waals surface area contributed by atoms with Gasteiger partial charge < -0.3 is 10.2 Å². The van der Waals surface area contributed by atoms with Crippen LogP contribution in [0.25, 0.3) is 0 Å². The van der Waals surface area contributed by atoms with Gasteiger partial charge in [0.2, 0.25) is 0 Å². The molecule has 1 atom stereocenters. The average Bonchev–Trinajstić information content (AvgIpc) is 2.00. The van der Waals surface area contributed by atoms with Gasteiger partial charge in [0.05, 0.1) is 16.1 Å². The van der Waals surface area contributed by atoms with E-state index in [4.69, 9.17) is 15.8 Å². The van der Waals surface area contributed by atoms with Gasteiger partial charge in [0, 0.05) is 10.7 Å². The van der Waals surface area contributed by atoms with E-state index in [9.17, 15) is 18.3 Å². The maximum atomic E-state index is 10.9. The lowest BCUT2D eigenvalue weighted by molar-refractivity contribution is -0.134. The molecule has 0 aliphatic heterocycles. The summed E-state index contributed by atoms with van der Waals surface area (Å²) in [5.41, 5.74) is -1.96. The summed E-state index contributed by atoms with van der Waals surface area (Å²) in [5.74, 6) is -1.37. The molecule has 0 aromatic carbocycles. The molecule has 0 heterocycles. The minimum atomic E-state index is -3.96. The SMILES string of the molecule is CC1(O)CC=C(S(=O)(=O)Cl)C=C1C(=O)O. The van der Waals surface area contributed by atoms with Crippen LogP contribution in [0, 0.1) is 0 Å². The van der Waals surface area contributed by atoms with E-state index in [1.54, 1.807) is 0 Å². The number of hydrogen-bond donors (Lipinski definition) is 2. The van der Waals surface area contributed by atoms with Crippen molar-refractivity contribution in [2.24, 2.45) is 0 Å². The Labute approximate surface area is 91.1 Å². The van der Waals surface area contributed by atoms with Crippen LogP contribution < -0.4 is 0 Å². The number of carboxylic acid groups (broad SMARTS) is 1. The van der Waals surface area contributed by atoms with Gasteiger partial charge in [-0.2, -0.15) is 0 Å². The molecule has 0 aromatic rings. The van der Waals surface area contributed by atoms with Crippen molar-refractivity contribution < 1.29 is 23.4 Å². The number of hydrogen-bond acceptors (Lipinski definition) is 4. The van der Waals surface area contributed by atoms with E-state index in [0.717, 1.165) is 6.08 Å². The van der Waals surface area contributed by atoms with Crippen molar-refractivity contribution in [1.29, 1.82) is 0 Å². The summed E-state index contributed by atoms with van der Waals surface area (Å²) >= 11 is 0. The molecule has 1 aliphatic carbocycles. The summed E-state index contributed by atoms with van der Waals surface area (Å²) in [5, 5.41) is 18.4. The summed E-state index contributed by atoms with van der Waals surface area (Å²) in [6.45, 7) is 1.29. The van der Waals surface area contributed by atoms with Crippen molar-refractivity contribution in [1.82, 2.24) is 0 Å². The minimum absolute atomic E-state index is 0.105. The molecule has 1 aliphatic rings. The zero-order valence-electron chi connectivity index (χ0n) is 7.77. The van der Waals surface area contributed by atoms with Gasteiger partial charge in [-0.25, -0.2) is 13.2 Å². The number of carboxylic acids is 1. The molecule has 84 valence electrons. The Bertz CT molecular complexity index is 457. The zero-order valence-corrected chi connectivity index (χ0v) is 9.34. The molecule has 2 N–H and O–H groups in total. The second-order valence-electron chi connectivity index (χ2n) is 3.39. The number of halogens is 1. The molecule has 0 amide bonds. The Morgan fingerprint density at radius 3 is 2.53 bits per heavy atom. The molecule has 0 fully saturated rings. The van der Waals surface area contributed by atoms with Crippen LogP contribution in [0.15, 0.2) is 22.6 Å². The monoisotopic (exact) mass is 252 g/mol. The van der Waals surface area contributed by atoms with E-state index in [1.807, 2.05) is 0 Å². The van der Waals surface area contributed by atoms with Gasteiger partial charge in [0.15, 0.2) is 0 Å². The van der Waals surface area contributed by atoms with Crippen molar-refractivity contribution in [2.45, 2.75) is 18.9 Å². The lowest BCUT2D eigenvalue weighted by Gasteiger charge is -2.25. The Morgan fingerprint density at radius 1 is 1.60 bits per heavy atom. The van der Waals surface area contributed by atoms with Gasteiger partial charge in [-0.05, 0) is 19.4 Å². The number of allylic oxidation sites excluding steroid dienone is 1. The molecule has 1 rings (SSSR count). The molecule has 0 aromatic heterocycles. The summed E-state index contributed by atoms with van der Waals surface area (Å²) < 4.78 is 21.9. The standard InChI is InChI=1S/C8H9ClO5S/c1-8(12)3-2-5(15(9,13)14)4-6(8)7(10)11/h2,4,12H,3H2,1H3,(H,10,11). The van der Waals surface area contributed by atoms with Gasteiger partial charge in [0.25, 0.3) is 9.05 Å². The first-order valence-electron chi connectivity index (χ1n) is 3.97. The van der Waals surface area contributed by atoms with E-state index in [1.165, 1.54) is 13.0 Å². The van der Waals surface area contributed by atoms with Crippen LogP contribution in [-0.4, -0.2) is 30.2 Å². The number of carbonyl (C=O) groups is 1. The first-order chi connectivity index (χ1) is 6.64. The van der Waals surface area contributed by atoms with Crippen LogP contribution in [0.3, 0.4) is 0 Å². The van der Waals surface area contributed by atoms with E-state index < -0.39 is 20.6 Å². The van der Waals surface area contributed by atoms with E-state index in [2.05, 4.69) is 0 Å². The topological polar surface area (TPSA) is 91.7 Å². The third kappa shape index (κ3) is 2.58. The van der Waals surface area contributed by atoms with Crippen LogP contribution in [0.5, 0.6) is 0 Å². The molecule has 0 spiro atoms. The predicted molar refractivity (Wildman–Crippen MR) is 53.8 cm³/mol. The largest absolute Gasteiger partial charge is 0.478 e. The first-order valence-corrected chi connectivity index (χ1v) is 6.28. The van der Waals surface area contributed by atoms with Crippen molar-refractivity contribution >= 4 is 25.7 Å². The molecule has 0 saturated heterocycles. The fraction of sp³-hybridized carbons (Fsp3) is 0.375. The van der Waals surface area contributed by atoms with E-state index >= 15 is 0 Å². The Morgan fingerprint density at radius 2 is 2.13 bits per heavy atom. The smallest absolute Gasteiger partial charge is 0.334 e. The maximum absolute atomic E-state index is 10.9. The second kappa shape index (κ2) is 3.62. The molecular formula is C8H9ClO5S. The highest BCUT2D eigenvalue weighted by Gasteiger charge is 2.34. The molecule has 7 heteroatoms. The second-order valence-corrected chi connectivity index (χ2v) is 5.95. The lowest BCUT2D eigenvalue weighted by atomic mass is 9.88. The normalized spacial score (nSPS) is 26.9. The van der Waals surface area contributed by atoms with E-state index in [-0.39, 0.29) is 16.9 Å². The Balaban J connectivity index is 3.25. The molecule has 0 radical (unpaired) electrons. The van der Waals surface area contributed by atoms with Gasteiger partial charge in [0.1, 0.15) is 0 Å². The highest BCUT2D eigenvalue weighted by Crippen LogP contribution is 2.31. The Hall–Kier alpha value is -0.850. The highest BCUT2D eigenvalue weighted by molar-refractivity contribution is 8.17. The van der Waals surface area contributed by atoms with Crippen LogP contribution in [0.2, 0.25) is 0 Å². The van der Waals surface area contributed by atoms with Crippen LogP contribution >= 0.6 is 10.7 Å². The third-order valence-corrected chi connectivity index (χ3v) is 3.46. The molecule has 15 heavy (non-hydrogen) atoms. The molecular weight excluding hydrogens is 244 g/mol. The lowest BCUT2D eigenvalue weighted by Crippen LogP contribution is -2.33. The van der Waals surface area contributed by atoms with Crippen molar-refractivity contribution in [3.8, 4) is 0 Å². The predicted octanol–water partition coefficient (Wildman–Crippen LogP) is 0.605. The van der Waals surface area contributed by atoms with Crippen molar-refractivity contribution in [3.05, 3.63) is 22.6 Å². The quantitative estimate of drug-likeness (QED) is 0.703. The molecule has 1 unspecified atom stereocenters. The zero-order chi connectivity index (χ0) is 11.9. The maximum Gasteiger partial charge on any atom is 0.334 e. The fourth-order valence-electron chi connectivity index (χ4n) is 1.23. The third-order valence-electron chi connectivity index (χ3n) is 2.08. The number of aliphatic hydroxyl groups is 1. The highest BCUT2D eigenvalue weighted by atomic mass is 35.7. The molecule has 0 bridgehead atoms. The first kappa shape index (κ1) is 12.2. The van der Waals surface area contributed by atoms with Gasteiger partial charge in [-0.15, -0.1) is 0 Å². The average molecular weight is 253 g/mol. The number of rotatable bonds is 2. The van der Waals surface area contributed by atoms with Gasteiger partial charge in [-0.3, -0.25) is 0 Å². The van der Waals surface area contributed by atoms with Crippen LogP contribution in [-0.2, 0) is 13.8 Å². The van der Waals surface area contributed by atoms with Crippen molar-refractivity contribution in [2.75, 3.05) is 0 Å². The molecule has 0 saturated carbocycles. The minimum Gasteiger partial charge on any atom is -0.478 e. The van der Waals surface area contributed by atoms with Crippen LogP contribution in [0.4, 0.5) is 0 Å². The van der Waals surface area contributed by atoms with E-state index in [0.29, 0.717) is 0 Å². The summed E-state index contributed by atoms with van der Waals surface area (Å²) in [7, 11) is 1.10. The number of aliphatic carboxylic acids is 1. The molecule has 5 nitrogen and oxygen atoms in total. The van der Waals surface area contributed by atoms with Crippen molar-refractivity contribution in [3.63, 3.8) is 0 Å². The van der Waals surface area contributed by atoms with Gasteiger partial charge >= 0.3 is 5.97 Å². The summed E-state index contributed by atoms with van der Waals surface area (Å²) in [6, 6.07) is 0. The van der Waals surface area contributed by atoms with Crippen LogP contribution in [0.1, 0.15) is 13.3 Å². The summed E-state index contributed by atoms with van der Waals surface area (Å²) in [6.07, 6.45) is 1.95. The summed E-state index contributed by atoms with van der Waals surface area (Å²) in [4.78, 5) is 10.5. The Kier molecular flexibility index (Phi) is 2.95.